The molecule has 0 amide bonds. The summed E-state index contributed by atoms with van der Waals surface area (Å²) in [4.78, 5) is 23.4. The molecule has 1 rings (SSSR count). The van der Waals surface area contributed by atoms with Gasteiger partial charge in [0.25, 0.3) is 0 Å². The van der Waals surface area contributed by atoms with Gasteiger partial charge in [0, 0.05) is 5.56 Å². The maximum absolute atomic E-state index is 11.8. The second-order valence-corrected chi connectivity index (χ2v) is 4.54. The summed E-state index contributed by atoms with van der Waals surface area (Å²) >= 11 is 0. The highest BCUT2D eigenvalue weighted by Crippen LogP contribution is 2.22. The monoisotopic (exact) mass is 276 g/mol. The van der Waals surface area contributed by atoms with Crippen LogP contribution in [-0.2, 0) is 14.3 Å². The molecular weight excluding hydrogens is 256 g/mol. The van der Waals surface area contributed by atoms with Gasteiger partial charge in [0.1, 0.15) is 11.3 Å². The third-order valence-corrected chi connectivity index (χ3v) is 2.46. The van der Waals surface area contributed by atoms with Crippen molar-refractivity contribution in [3.63, 3.8) is 0 Å². The summed E-state index contributed by atoms with van der Waals surface area (Å²) < 4.78 is 10.5. The van der Waals surface area contributed by atoms with Crippen molar-refractivity contribution < 1.29 is 19.1 Å². The van der Waals surface area contributed by atoms with E-state index in [9.17, 15) is 9.59 Å². The summed E-state index contributed by atoms with van der Waals surface area (Å²) in [5.74, 6) is -0.312. The Morgan fingerprint density at radius 3 is 2.45 bits per heavy atom. The largest absolute Gasteiger partial charge is 0.490 e. The number of carbonyl (C=O) groups excluding carboxylic acids is 2. The molecule has 0 heterocycles. The molecule has 0 aliphatic rings. The fourth-order valence-electron chi connectivity index (χ4n) is 1.63. The third kappa shape index (κ3) is 4.53. The minimum Gasteiger partial charge on any atom is -0.490 e. The van der Waals surface area contributed by atoms with E-state index in [1.54, 1.807) is 19.1 Å². The molecular formula is C16H20O4. The van der Waals surface area contributed by atoms with E-state index in [-0.39, 0.29) is 24.1 Å². The molecule has 108 valence electrons. The van der Waals surface area contributed by atoms with E-state index >= 15 is 0 Å². The molecule has 0 aliphatic heterocycles. The molecule has 0 unspecified atom stereocenters. The van der Waals surface area contributed by atoms with Crippen molar-refractivity contribution in [2.45, 2.75) is 33.8 Å². The number of benzene rings is 1. The Morgan fingerprint density at radius 1 is 1.25 bits per heavy atom. The Hall–Kier alpha value is -2.10. The second kappa shape index (κ2) is 7.48. The SMILES string of the molecule is CCOC(=O)/C(=C/c1ccccc1OC(C)C)C(C)=O. The van der Waals surface area contributed by atoms with E-state index in [4.69, 9.17) is 9.47 Å². The van der Waals surface area contributed by atoms with Gasteiger partial charge in [0.15, 0.2) is 5.78 Å². The Kier molecular flexibility index (Phi) is 5.97. The van der Waals surface area contributed by atoms with Crippen molar-refractivity contribution >= 4 is 17.8 Å². The van der Waals surface area contributed by atoms with Crippen molar-refractivity contribution in [3.8, 4) is 5.75 Å². The summed E-state index contributed by atoms with van der Waals surface area (Å²) in [6.07, 6.45) is 1.52. The summed E-state index contributed by atoms with van der Waals surface area (Å²) in [5, 5.41) is 0. The lowest BCUT2D eigenvalue weighted by Gasteiger charge is -2.12. The Balaban J connectivity index is 3.17. The zero-order valence-corrected chi connectivity index (χ0v) is 12.3. The summed E-state index contributed by atoms with van der Waals surface area (Å²) in [6.45, 7) is 7.10. The minimum atomic E-state index is -0.612. The van der Waals surface area contributed by atoms with Crippen LogP contribution in [0.15, 0.2) is 29.8 Å². The van der Waals surface area contributed by atoms with E-state index in [1.165, 1.54) is 13.0 Å². The van der Waals surface area contributed by atoms with Crippen molar-refractivity contribution in [2.75, 3.05) is 6.61 Å². The first-order valence-electron chi connectivity index (χ1n) is 6.61. The third-order valence-electron chi connectivity index (χ3n) is 2.46. The molecule has 0 atom stereocenters. The first-order chi connectivity index (χ1) is 9.45. The molecule has 1 aromatic carbocycles. The van der Waals surface area contributed by atoms with Gasteiger partial charge in [-0.25, -0.2) is 4.79 Å². The quantitative estimate of drug-likeness (QED) is 0.347. The lowest BCUT2D eigenvalue weighted by Crippen LogP contribution is -2.13. The van der Waals surface area contributed by atoms with Gasteiger partial charge in [0.05, 0.1) is 12.7 Å². The van der Waals surface area contributed by atoms with Crippen molar-refractivity contribution in [2.24, 2.45) is 0 Å². The maximum Gasteiger partial charge on any atom is 0.341 e. The Bertz CT molecular complexity index is 515. The molecule has 0 aliphatic carbocycles. The standard InChI is InChI=1S/C16H20O4/c1-5-19-16(18)14(12(4)17)10-13-8-6-7-9-15(13)20-11(2)3/h6-11H,5H2,1-4H3/b14-10+. The molecule has 0 aromatic heterocycles. The molecule has 4 heteroatoms. The molecule has 0 N–H and O–H groups in total. The molecule has 0 saturated carbocycles. The van der Waals surface area contributed by atoms with Crippen LogP contribution in [0.5, 0.6) is 5.75 Å². The fourth-order valence-corrected chi connectivity index (χ4v) is 1.63. The fraction of sp³-hybridized carbons (Fsp3) is 0.375. The van der Waals surface area contributed by atoms with Crippen LogP contribution in [0.4, 0.5) is 0 Å². The molecule has 0 fully saturated rings. The molecule has 4 nitrogen and oxygen atoms in total. The number of Topliss-reactive ketones (excluding diaryl/α,β-unsaturated/α-hetero) is 1. The average Bonchev–Trinajstić information content (AvgIpc) is 2.36. The predicted molar refractivity (Wildman–Crippen MR) is 77.5 cm³/mol. The Morgan fingerprint density at radius 2 is 1.90 bits per heavy atom. The number of para-hydroxylation sites is 1. The van der Waals surface area contributed by atoms with Gasteiger partial charge in [-0.05, 0) is 39.8 Å². The number of ether oxygens (including phenoxy) is 2. The van der Waals surface area contributed by atoms with Crippen LogP contribution in [0, 0.1) is 0 Å². The lowest BCUT2D eigenvalue weighted by atomic mass is 10.1. The van der Waals surface area contributed by atoms with E-state index < -0.39 is 5.97 Å². The second-order valence-electron chi connectivity index (χ2n) is 4.54. The predicted octanol–water partition coefficient (Wildman–Crippen LogP) is 3.01. The number of hydrogen-bond donors (Lipinski definition) is 0. The van der Waals surface area contributed by atoms with E-state index in [1.807, 2.05) is 26.0 Å². The normalized spacial score (nSPS) is 11.3. The van der Waals surface area contributed by atoms with Gasteiger partial charge < -0.3 is 9.47 Å². The van der Waals surface area contributed by atoms with Crippen LogP contribution < -0.4 is 4.74 Å². The first-order valence-corrected chi connectivity index (χ1v) is 6.61. The van der Waals surface area contributed by atoms with Crippen molar-refractivity contribution in [1.82, 2.24) is 0 Å². The number of esters is 1. The number of ketones is 1. The minimum absolute atomic E-state index is 0.00733. The molecule has 0 radical (unpaired) electrons. The van der Waals surface area contributed by atoms with Gasteiger partial charge in [-0.3, -0.25) is 4.79 Å². The highest BCUT2D eigenvalue weighted by Gasteiger charge is 2.16. The maximum atomic E-state index is 11.8. The van der Waals surface area contributed by atoms with Crippen LogP contribution in [-0.4, -0.2) is 24.5 Å². The van der Waals surface area contributed by atoms with Crippen molar-refractivity contribution in [3.05, 3.63) is 35.4 Å². The molecule has 20 heavy (non-hydrogen) atoms. The topological polar surface area (TPSA) is 52.6 Å². The zero-order valence-electron chi connectivity index (χ0n) is 12.3. The van der Waals surface area contributed by atoms with Gasteiger partial charge in [-0.2, -0.15) is 0 Å². The lowest BCUT2D eigenvalue weighted by molar-refractivity contribution is -0.139. The average molecular weight is 276 g/mol. The van der Waals surface area contributed by atoms with Crippen LogP contribution in [0.25, 0.3) is 6.08 Å². The van der Waals surface area contributed by atoms with Gasteiger partial charge in [-0.1, -0.05) is 18.2 Å². The molecule has 0 spiro atoms. The molecule has 0 saturated heterocycles. The summed E-state index contributed by atoms with van der Waals surface area (Å²) in [5.41, 5.74) is 0.700. The first kappa shape index (κ1) is 16.0. The van der Waals surface area contributed by atoms with Crippen LogP contribution in [0.1, 0.15) is 33.3 Å². The van der Waals surface area contributed by atoms with Gasteiger partial charge >= 0.3 is 5.97 Å². The van der Waals surface area contributed by atoms with Gasteiger partial charge in [-0.15, -0.1) is 0 Å². The van der Waals surface area contributed by atoms with Crippen molar-refractivity contribution in [1.29, 1.82) is 0 Å². The highest BCUT2D eigenvalue weighted by molar-refractivity contribution is 6.19. The smallest absolute Gasteiger partial charge is 0.341 e. The zero-order chi connectivity index (χ0) is 15.1. The number of hydrogen-bond acceptors (Lipinski definition) is 4. The van der Waals surface area contributed by atoms with E-state index in [0.29, 0.717) is 11.3 Å². The van der Waals surface area contributed by atoms with Crippen LogP contribution in [0.2, 0.25) is 0 Å². The summed E-state index contributed by atoms with van der Waals surface area (Å²) in [7, 11) is 0. The summed E-state index contributed by atoms with van der Waals surface area (Å²) in [6, 6.07) is 7.25. The van der Waals surface area contributed by atoms with E-state index in [0.717, 1.165) is 0 Å². The number of carbonyl (C=O) groups is 2. The molecule has 1 aromatic rings. The molecule has 0 bridgehead atoms. The number of rotatable bonds is 6. The highest BCUT2D eigenvalue weighted by atomic mass is 16.5. The Labute approximate surface area is 119 Å². The van der Waals surface area contributed by atoms with Crippen LogP contribution in [0.3, 0.4) is 0 Å². The van der Waals surface area contributed by atoms with Gasteiger partial charge in [0.2, 0.25) is 0 Å². The van der Waals surface area contributed by atoms with Crippen LogP contribution >= 0.6 is 0 Å². The van der Waals surface area contributed by atoms with E-state index in [2.05, 4.69) is 0 Å².